The van der Waals surface area contributed by atoms with Crippen LogP contribution in [0.4, 0.5) is 4.39 Å². The van der Waals surface area contributed by atoms with E-state index in [1.807, 2.05) is 6.07 Å². The molecule has 0 aromatic heterocycles. The van der Waals surface area contributed by atoms with Crippen LogP contribution in [0.5, 0.6) is 0 Å². The summed E-state index contributed by atoms with van der Waals surface area (Å²) in [6.07, 6.45) is 1.92. The zero-order valence-electron chi connectivity index (χ0n) is 12.5. The summed E-state index contributed by atoms with van der Waals surface area (Å²) in [5.74, 6) is -0.370. The molecule has 0 fully saturated rings. The van der Waals surface area contributed by atoms with Gasteiger partial charge in [0.2, 0.25) is 0 Å². The lowest BCUT2D eigenvalue weighted by Crippen LogP contribution is -2.24. The Morgan fingerprint density at radius 3 is 2.48 bits per heavy atom. The molecule has 0 amide bonds. The van der Waals surface area contributed by atoms with E-state index in [1.165, 1.54) is 17.2 Å². The number of aryl methyl sites for hydroxylation is 1. The first kappa shape index (κ1) is 16.0. The maximum atomic E-state index is 13.3. The molecule has 0 heterocycles. The maximum absolute atomic E-state index is 13.3. The van der Waals surface area contributed by atoms with Crippen LogP contribution in [0.3, 0.4) is 0 Å². The number of rotatable bonds is 6. The molecule has 2 aromatic carbocycles. The standard InChI is InChI=1S/C18H21ClFN/c1-3-10-21-18(11-14-6-4-13(2)5-7-14)15-8-9-17(20)16(19)12-15/h4-9,12,18,21H,3,10-11H2,1-2H3. The van der Waals surface area contributed by atoms with Gasteiger partial charge in [0, 0.05) is 6.04 Å². The normalized spacial score (nSPS) is 12.4. The van der Waals surface area contributed by atoms with Gasteiger partial charge in [-0.15, -0.1) is 0 Å². The van der Waals surface area contributed by atoms with Crippen LogP contribution in [0.15, 0.2) is 42.5 Å². The predicted molar refractivity (Wildman–Crippen MR) is 87.3 cm³/mol. The molecule has 3 heteroatoms. The molecule has 0 aliphatic heterocycles. The van der Waals surface area contributed by atoms with Crippen LogP contribution in [0.2, 0.25) is 5.02 Å². The molecule has 112 valence electrons. The molecule has 0 spiro atoms. The van der Waals surface area contributed by atoms with Gasteiger partial charge in [-0.2, -0.15) is 0 Å². The van der Waals surface area contributed by atoms with E-state index in [9.17, 15) is 4.39 Å². The summed E-state index contributed by atoms with van der Waals surface area (Å²) in [6.45, 7) is 5.13. The van der Waals surface area contributed by atoms with Gasteiger partial charge in [-0.25, -0.2) is 4.39 Å². The zero-order chi connectivity index (χ0) is 15.2. The predicted octanol–water partition coefficient (Wildman–Crippen LogP) is 5.07. The number of benzene rings is 2. The van der Waals surface area contributed by atoms with Crippen molar-refractivity contribution >= 4 is 11.6 Å². The molecule has 1 unspecified atom stereocenters. The van der Waals surface area contributed by atoms with E-state index in [-0.39, 0.29) is 16.9 Å². The lowest BCUT2D eigenvalue weighted by molar-refractivity contribution is 0.527. The van der Waals surface area contributed by atoms with Crippen molar-refractivity contribution < 1.29 is 4.39 Å². The summed E-state index contributed by atoms with van der Waals surface area (Å²) in [5.41, 5.74) is 3.53. The average molecular weight is 306 g/mol. The minimum atomic E-state index is -0.370. The highest BCUT2D eigenvalue weighted by Gasteiger charge is 2.13. The Hall–Kier alpha value is -1.38. The minimum Gasteiger partial charge on any atom is -0.310 e. The SMILES string of the molecule is CCCNC(Cc1ccc(C)cc1)c1ccc(F)c(Cl)c1. The van der Waals surface area contributed by atoms with Crippen molar-refractivity contribution in [3.63, 3.8) is 0 Å². The van der Waals surface area contributed by atoms with Gasteiger partial charge in [-0.05, 0) is 49.6 Å². The third-order valence-electron chi connectivity index (χ3n) is 3.55. The minimum absolute atomic E-state index is 0.144. The molecule has 2 rings (SSSR count). The Morgan fingerprint density at radius 2 is 1.86 bits per heavy atom. The van der Waals surface area contributed by atoms with Crippen LogP contribution >= 0.6 is 11.6 Å². The van der Waals surface area contributed by atoms with Gasteiger partial charge < -0.3 is 5.32 Å². The van der Waals surface area contributed by atoms with Gasteiger partial charge in [0.05, 0.1) is 5.02 Å². The first-order chi connectivity index (χ1) is 10.1. The molecule has 0 saturated carbocycles. The van der Waals surface area contributed by atoms with E-state index < -0.39 is 0 Å². The highest BCUT2D eigenvalue weighted by molar-refractivity contribution is 6.30. The summed E-state index contributed by atoms with van der Waals surface area (Å²) in [4.78, 5) is 0. The number of hydrogen-bond donors (Lipinski definition) is 1. The molecule has 1 N–H and O–H groups in total. The van der Waals surface area contributed by atoms with Crippen LogP contribution in [-0.2, 0) is 6.42 Å². The van der Waals surface area contributed by atoms with Crippen molar-refractivity contribution in [3.8, 4) is 0 Å². The van der Waals surface area contributed by atoms with Gasteiger partial charge in [0.1, 0.15) is 5.82 Å². The molecule has 0 radical (unpaired) electrons. The molecule has 0 aliphatic carbocycles. The fourth-order valence-electron chi connectivity index (χ4n) is 2.32. The van der Waals surface area contributed by atoms with Crippen molar-refractivity contribution in [3.05, 3.63) is 70.0 Å². The maximum Gasteiger partial charge on any atom is 0.141 e. The Kier molecular flexibility index (Phi) is 5.77. The van der Waals surface area contributed by atoms with Crippen LogP contribution in [0.25, 0.3) is 0 Å². The van der Waals surface area contributed by atoms with Gasteiger partial charge in [-0.3, -0.25) is 0 Å². The van der Waals surface area contributed by atoms with Crippen molar-refractivity contribution in [2.24, 2.45) is 0 Å². The lowest BCUT2D eigenvalue weighted by atomic mass is 9.98. The fraction of sp³-hybridized carbons (Fsp3) is 0.333. The summed E-state index contributed by atoms with van der Waals surface area (Å²) in [6, 6.07) is 13.6. The van der Waals surface area contributed by atoms with E-state index >= 15 is 0 Å². The monoisotopic (exact) mass is 305 g/mol. The molecular weight excluding hydrogens is 285 g/mol. The fourth-order valence-corrected chi connectivity index (χ4v) is 2.50. The van der Waals surface area contributed by atoms with Crippen molar-refractivity contribution in [1.29, 1.82) is 0 Å². The average Bonchev–Trinajstić information content (AvgIpc) is 2.48. The quantitative estimate of drug-likeness (QED) is 0.785. The second-order valence-corrected chi connectivity index (χ2v) is 5.78. The number of hydrogen-bond acceptors (Lipinski definition) is 1. The first-order valence-electron chi connectivity index (χ1n) is 7.34. The molecule has 2 aromatic rings. The summed E-state index contributed by atoms with van der Waals surface area (Å²) in [7, 11) is 0. The first-order valence-corrected chi connectivity index (χ1v) is 7.72. The third kappa shape index (κ3) is 4.55. The molecular formula is C18H21ClFN. The third-order valence-corrected chi connectivity index (χ3v) is 3.84. The smallest absolute Gasteiger partial charge is 0.141 e. The molecule has 1 atom stereocenters. The van der Waals surface area contributed by atoms with Crippen LogP contribution in [0, 0.1) is 12.7 Å². The van der Waals surface area contributed by atoms with Gasteiger partial charge in [-0.1, -0.05) is 54.4 Å². The largest absolute Gasteiger partial charge is 0.310 e. The summed E-state index contributed by atoms with van der Waals surface area (Å²) in [5, 5.41) is 3.69. The summed E-state index contributed by atoms with van der Waals surface area (Å²) >= 11 is 5.91. The van der Waals surface area contributed by atoms with Crippen molar-refractivity contribution in [2.45, 2.75) is 32.7 Å². The molecule has 21 heavy (non-hydrogen) atoms. The highest BCUT2D eigenvalue weighted by Crippen LogP contribution is 2.24. The van der Waals surface area contributed by atoms with E-state index in [4.69, 9.17) is 11.6 Å². The van der Waals surface area contributed by atoms with Gasteiger partial charge in [0.25, 0.3) is 0 Å². The van der Waals surface area contributed by atoms with Gasteiger partial charge >= 0.3 is 0 Å². The Bertz CT molecular complexity index is 580. The zero-order valence-corrected chi connectivity index (χ0v) is 13.3. The highest BCUT2D eigenvalue weighted by atomic mass is 35.5. The molecule has 0 aliphatic rings. The van der Waals surface area contributed by atoms with E-state index in [0.29, 0.717) is 0 Å². The Labute approximate surface area is 131 Å². The van der Waals surface area contributed by atoms with E-state index in [0.717, 1.165) is 24.9 Å². The second-order valence-electron chi connectivity index (χ2n) is 5.37. The van der Waals surface area contributed by atoms with E-state index in [1.54, 1.807) is 6.07 Å². The van der Waals surface area contributed by atoms with Crippen LogP contribution < -0.4 is 5.32 Å². The van der Waals surface area contributed by atoms with Crippen LogP contribution in [-0.4, -0.2) is 6.54 Å². The number of halogens is 2. The number of nitrogens with one attached hydrogen (secondary N) is 1. The molecule has 0 bridgehead atoms. The lowest BCUT2D eigenvalue weighted by Gasteiger charge is -2.20. The Balaban J connectivity index is 2.20. The summed E-state index contributed by atoms with van der Waals surface area (Å²) < 4.78 is 13.3. The molecule has 0 saturated heterocycles. The second kappa shape index (κ2) is 7.58. The Morgan fingerprint density at radius 1 is 1.14 bits per heavy atom. The van der Waals surface area contributed by atoms with E-state index in [2.05, 4.69) is 43.4 Å². The topological polar surface area (TPSA) is 12.0 Å². The molecule has 1 nitrogen and oxygen atoms in total. The van der Waals surface area contributed by atoms with Crippen LogP contribution in [0.1, 0.15) is 36.1 Å². The van der Waals surface area contributed by atoms with Crippen molar-refractivity contribution in [1.82, 2.24) is 5.32 Å². The van der Waals surface area contributed by atoms with Gasteiger partial charge in [0.15, 0.2) is 0 Å². The van der Waals surface area contributed by atoms with Crippen molar-refractivity contribution in [2.75, 3.05) is 6.54 Å².